The van der Waals surface area contributed by atoms with E-state index in [9.17, 15) is 4.79 Å². The summed E-state index contributed by atoms with van der Waals surface area (Å²) in [5.41, 5.74) is 1.08. The summed E-state index contributed by atoms with van der Waals surface area (Å²) >= 11 is 14.4. The van der Waals surface area contributed by atoms with Crippen molar-refractivity contribution in [3.8, 4) is 22.0 Å². The first-order chi connectivity index (χ1) is 13.5. The van der Waals surface area contributed by atoms with Gasteiger partial charge in [-0.05, 0) is 46.3 Å². The molecule has 5 aromatic rings. The number of halogens is 3. The quantitative estimate of drug-likeness (QED) is 0.266. The van der Waals surface area contributed by atoms with Gasteiger partial charge in [-0.3, -0.25) is 0 Å². The summed E-state index contributed by atoms with van der Waals surface area (Å²) in [6.07, 6.45) is 0. The molecule has 5 rings (SSSR count). The maximum Gasteiger partial charge on any atom is 0.346 e. The SMILES string of the molecule is O=c1oc2c(Br)cc(Br)cc2cc1-c1nn2c(-c3ccccc3Cl)nnc2s1. The molecule has 0 radical (unpaired) electrons. The Labute approximate surface area is 183 Å². The Kier molecular flexibility index (Phi) is 4.35. The molecule has 0 aliphatic heterocycles. The van der Waals surface area contributed by atoms with Crippen LogP contribution in [0.25, 0.3) is 37.9 Å². The van der Waals surface area contributed by atoms with Gasteiger partial charge < -0.3 is 4.42 Å². The molecule has 0 amide bonds. The smallest absolute Gasteiger partial charge is 0.346 e. The van der Waals surface area contributed by atoms with Gasteiger partial charge in [-0.2, -0.15) is 9.61 Å². The second kappa shape index (κ2) is 6.77. The lowest BCUT2D eigenvalue weighted by atomic mass is 10.2. The number of rotatable bonds is 2. The molecular formula is C18H7Br2ClN4O2S. The normalized spacial score (nSPS) is 11.5. The topological polar surface area (TPSA) is 73.3 Å². The van der Waals surface area contributed by atoms with Crippen LogP contribution in [0.4, 0.5) is 0 Å². The third kappa shape index (κ3) is 2.89. The van der Waals surface area contributed by atoms with Gasteiger partial charge in [0.1, 0.15) is 0 Å². The van der Waals surface area contributed by atoms with E-state index in [1.807, 2.05) is 30.3 Å². The van der Waals surface area contributed by atoms with Crippen LogP contribution in [-0.4, -0.2) is 19.8 Å². The lowest BCUT2D eigenvalue weighted by Gasteiger charge is -2.02. The van der Waals surface area contributed by atoms with Crippen molar-refractivity contribution in [2.75, 3.05) is 0 Å². The highest BCUT2D eigenvalue weighted by atomic mass is 79.9. The van der Waals surface area contributed by atoms with Crippen LogP contribution in [0.5, 0.6) is 0 Å². The first kappa shape index (κ1) is 18.0. The summed E-state index contributed by atoms with van der Waals surface area (Å²) in [6.45, 7) is 0. The minimum atomic E-state index is -0.472. The fraction of sp³-hybridized carbons (Fsp3) is 0. The third-order valence-corrected chi connectivity index (χ3v) is 6.40. The molecule has 6 nitrogen and oxygen atoms in total. The molecule has 2 aromatic carbocycles. The number of aromatic nitrogens is 4. The van der Waals surface area contributed by atoms with Crippen molar-refractivity contribution < 1.29 is 4.42 Å². The molecule has 0 atom stereocenters. The van der Waals surface area contributed by atoms with E-state index in [-0.39, 0.29) is 0 Å². The van der Waals surface area contributed by atoms with E-state index in [1.54, 1.807) is 16.6 Å². The van der Waals surface area contributed by atoms with E-state index >= 15 is 0 Å². The second-order valence-corrected chi connectivity index (χ2v) is 8.99. The average molecular weight is 539 g/mol. The number of benzene rings is 2. The minimum Gasteiger partial charge on any atom is -0.421 e. The van der Waals surface area contributed by atoms with Crippen molar-refractivity contribution in [3.05, 3.63) is 66.9 Å². The molecule has 0 unspecified atom stereocenters. The molecule has 28 heavy (non-hydrogen) atoms. The maximum absolute atomic E-state index is 12.6. The van der Waals surface area contributed by atoms with Crippen molar-refractivity contribution in [1.82, 2.24) is 19.8 Å². The molecular weight excluding hydrogens is 532 g/mol. The number of hydrogen-bond acceptors (Lipinski definition) is 6. The van der Waals surface area contributed by atoms with Crippen molar-refractivity contribution in [3.63, 3.8) is 0 Å². The predicted molar refractivity (Wildman–Crippen MR) is 116 cm³/mol. The summed E-state index contributed by atoms with van der Waals surface area (Å²) in [4.78, 5) is 13.1. The van der Waals surface area contributed by atoms with Gasteiger partial charge in [-0.25, -0.2) is 4.79 Å². The van der Waals surface area contributed by atoms with E-state index in [2.05, 4.69) is 47.2 Å². The van der Waals surface area contributed by atoms with Crippen LogP contribution in [-0.2, 0) is 0 Å². The molecule has 0 aliphatic carbocycles. The van der Waals surface area contributed by atoms with Gasteiger partial charge in [0.2, 0.25) is 4.96 Å². The standard InChI is InChI=1S/C18H7Br2ClN4O2S/c19-9-5-8-6-11(17(26)27-14(8)12(20)7-9)16-24-25-15(22-23-18(25)28-16)10-3-1-2-4-13(10)21/h1-7H. The lowest BCUT2D eigenvalue weighted by molar-refractivity contribution is 0.561. The van der Waals surface area contributed by atoms with Crippen LogP contribution in [0.2, 0.25) is 5.02 Å². The van der Waals surface area contributed by atoms with Crippen LogP contribution < -0.4 is 5.63 Å². The molecule has 0 fully saturated rings. The molecule has 0 bridgehead atoms. The van der Waals surface area contributed by atoms with E-state index in [0.717, 1.165) is 9.86 Å². The van der Waals surface area contributed by atoms with Crippen molar-refractivity contribution in [2.45, 2.75) is 0 Å². The zero-order valence-electron chi connectivity index (χ0n) is 13.7. The Bertz CT molecular complexity index is 1440. The number of fused-ring (bicyclic) bond motifs is 2. The minimum absolute atomic E-state index is 0.359. The average Bonchev–Trinajstić information content (AvgIpc) is 3.23. The second-order valence-electron chi connectivity index (χ2n) is 5.86. The van der Waals surface area contributed by atoms with Crippen LogP contribution >= 0.6 is 54.8 Å². The first-order valence-electron chi connectivity index (χ1n) is 7.92. The Balaban J connectivity index is 1.71. The van der Waals surface area contributed by atoms with E-state index in [0.29, 0.717) is 42.0 Å². The van der Waals surface area contributed by atoms with Gasteiger partial charge in [0.15, 0.2) is 16.4 Å². The van der Waals surface area contributed by atoms with Crippen LogP contribution in [0.3, 0.4) is 0 Å². The van der Waals surface area contributed by atoms with E-state index < -0.39 is 5.63 Å². The molecule has 3 aromatic heterocycles. The summed E-state index contributed by atoms with van der Waals surface area (Å²) < 4.78 is 8.66. The monoisotopic (exact) mass is 536 g/mol. The first-order valence-corrected chi connectivity index (χ1v) is 10.7. The summed E-state index contributed by atoms with van der Waals surface area (Å²) in [6, 6.07) is 12.8. The fourth-order valence-electron chi connectivity index (χ4n) is 2.84. The van der Waals surface area contributed by atoms with Gasteiger partial charge in [0, 0.05) is 15.4 Å². The van der Waals surface area contributed by atoms with Crippen molar-refractivity contribution >= 4 is 70.7 Å². The fourth-order valence-corrected chi connectivity index (χ4v) is 5.25. The summed E-state index contributed by atoms with van der Waals surface area (Å²) in [5, 5.41) is 14.7. The van der Waals surface area contributed by atoms with E-state index in [4.69, 9.17) is 16.0 Å². The largest absolute Gasteiger partial charge is 0.421 e. The van der Waals surface area contributed by atoms with E-state index in [1.165, 1.54) is 11.3 Å². The van der Waals surface area contributed by atoms with Gasteiger partial charge in [0.25, 0.3) is 0 Å². The summed E-state index contributed by atoms with van der Waals surface area (Å²) in [7, 11) is 0. The molecule has 3 heterocycles. The van der Waals surface area contributed by atoms with Crippen LogP contribution in [0.1, 0.15) is 0 Å². The van der Waals surface area contributed by atoms with Crippen molar-refractivity contribution in [1.29, 1.82) is 0 Å². The molecule has 0 aliphatic rings. The zero-order chi connectivity index (χ0) is 19.4. The van der Waals surface area contributed by atoms with Gasteiger partial charge >= 0.3 is 5.63 Å². The highest BCUT2D eigenvalue weighted by Crippen LogP contribution is 2.33. The molecule has 10 heteroatoms. The number of hydrogen-bond donors (Lipinski definition) is 0. The Morgan fingerprint density at radius 2 is 1.89 bits per heavy atom. The molecule has 0 saturated heterocycles. The third-order valence-electron chi connectivity index (χ3n) is 4.09. The Morgan fingerprint density at radius 3 is 2.71 bits per heavy atom. The van der Waals surface area contributed by atoms with Crippen molar-refractivity contribution in [2.24, 2.45) is 0 Å². The molecule has 0 N–H and O–H groups in total. The molecule has 0 spiro atoms. The highest BCUT2D eigenvalue weighted by Gasteiger charge is 2.19. The summed E-state index contributed by atoms with van der Waals surface area (Å²) in [5.74, 6) is 0.513. The Morgan fingerprint density at radius 1 is 1.07 bits per heavy atom. The molecule has 138 valence electrons. The maximum atomic E-state index is 12.6. The van der Waals surface area contributed by atoms with Gasteiger partial charge in [-0.1, -0.05) is 51.0 Å². The lowest BCUT2D eigenvalue weighted by Crippen LogP contribution is -2.03. The predicted octanol–water partition coefficient (Wildman–Crippen LogP) is 5.80. The van der Waals surface area contributed by atoms with Crippen LogP contribution in [0, 0.1) is 0 Å². The highest BCUT2D eigenvalue weighted by molar-refractivity contribution is 9.11. The van der Waals surface area contributed by atoms with Crippen LogP contribution in [0.15, 0.2) is 60.6 Å². The van der Waals surface area contributed by atoms with Gasteiger partial charge in [0.05, 0.1) is 15.1 Å². The Hall–Kier alpha value is -2.07. The molecule has 0 saturated carbocycles. The number of nitrogens with zero attached hydrogens (tertiary/aromatic N) is 4. The zero-order valence-corrected chi connectivity index (χ0v) is 18.4. The van der Waals surface area contributed by atoms with Gasteiger partial charge in [-0.15, -0.1) is 10.2 Å².